The molecule has 9 nitrogen and oxygen atoms in total. The van der Waals surface area contributed by atoms with Gasteiger partial charge in [0.15, 0.2) is 0 Å². The molecule has 0 saturated carbocycles. The number of ether oxygens (including phenoxy) is 3. The first-order valence-electron chi connectivity index (χ1n) is 22.1. The van der Waals surface area contributed by atoms with E-state index >= 15 is 0 Å². The van der Waals surface area contributed by atoms with Crippen LogP contribution < -0.4 is 5.32 Å². The Bertz CT molecular complexity index is 1050. The first kappa shape index (κ1) is 51.3. The van der Waals surface area contributed by atoms with Crippen LogP contribution in [0.1, 0.15) is 176 Å². The molecule has 0 aromatic carbocycles. The number of hydrogen-bond acceptors (Lipinski definition) is 8. The van der Waals surface area contributed by atoms with E-state index in [-0.39, 0.29) is 19.1 Å². The Labute approximate surface area is 337 Å². The molecule has 0 radical (unpaired) electrons. The number of phosphoric acid groups is 1. The van der Waals surface area contributed by atoms with Gasteiger partial charge in [-0.1, -0.05) is 148 Å². The summed E-state index contributed by atoms with van der Waals surface area (Å²) in [6.07, 6.45) is 32.5. The molecule has 1 N–H and O–H groups in total. The summed E-state index contributed by atoms with van der Waals surface area (Å²) < 4.78 is 50.5. The Hall–Kier alpha value is -1.74. The number of nitrogens with one attached hydrogen (secondary N) is 1. The van der Waals surface area contributed by atoms with Crippen LogP contribution >= 0.6 is 7.82 Å². The fraction of sp³-hybridized carbons (Fsp3) is 0.800. The van der Waals surface area contributed by atoms with Gasteiger partial charge in [-0.05, 0) is 57.8 Å². The number of unbranched alkanes of at least 4 members (excludes halogenated alkanes) is 15. The molecule has 320 valence electrons. The number of amides is 1. The number of carbonyl (C=O) groups excluding carboxylic acids is 1. The van der Waals surface area contributed by atoms with Gasteiger partial charge in [-0.2, -0.15) is 0 Å². The summed E-state index contributed by atoms with van der Waals surface area (Å²) in [5.74, 6) is 0.353. The first-order valence-corrected chi connectivity index (χ1v) is 23.5. The zero-order valence-electron chi connectivity index (χ0n) is 35.7. The van der Waals surface area contributed by atoms with Gasteiger partial charge < -0.3 is 19.5 Å². The maximum absolute atomic E-state index is 13.9. The lowest BCUT2D eigenvalue weighted by atomic mass is 9.94. The third-order valence-corrected chi connectivity index (χ3v) is 11.5. The summed E-state index contributed by atoms with van der Waals surface area (Å²) in [5.41, 5.74) is 0. The third-order valence-electron chi connectivity index (χ3n) is 10.1. The molecule has 0 aromatic rings. The van der Waals surface area contributed by atoms with Gasteiger partial charge in [0.1, 0.15) is 18.2 Å². The van der Waals surface area contributed by atoms with Crippen LogP contribution in [0.15, 0.2) is 49.8 Å². The van der Waals surface area contributed by atoms with Crippen LogP contribution in [-0.4, -0.2) is 56.4 Å². The van der Waals surface area contributed by atoms with E-state index in [1.165, 1.54) is 108 Å². The van der Waals surface area contributed by atoms with Crippen molar-refractivity contribution in [2.24, 2.45) is 5.92 Å². The highest BCUT2D eigenvalue weighted by Gasteiger charge is 2.51. The molecule has 10 heteroatoms. The molecule has 1 aliphatic rings. The van der Waals surface area contributed by atoms with Crippen molar-refractivity contribution in [3.63, 3.8) is 0 Å². The summed E-state index contributed by atoms with van der Waals surface area (Å²) in [6.45, 7) is 18.3. The van der Waals surface area contributed by atoms with E-state index in [0.717, 1.165) is 32.1 Å². The van der Waals surface area contributed by atoms with E-state index in [9.17, 15) is 9.36 Å². The van der Waals surface area contributed by atoms with Crippen molar-refractivity contribution in [1.29, 1.82) is 0 Å². The van der Waals surface area contributed by atoms with Crippen LogP contribution in [-0.2, 0) is 37.1 Å². The number of rotatable bonds is 37. The summed E-state index contributed by atoms with van der Waals surface area (Å²) in [4.78, 5) is 13.5. The monoisotopic (exact) mass is 796 g/mol. The fourth-order valence-corrected chi connectivity index (χ4v) is 8.10. The van der Waals surface area contributed by atoms with E-state index < -0.39 is 38.5 Å². The van der Waals surface area contributed by atoms with E-state index in [1.807, 2.05) is 13.8 Å². The zero-order valence-corrected chi connectivity index (χ0v) is 36.6. The van der Waals surface area contributed by atoms with Gasteiger partial charge in [0.2, 0.25) is 12.2 Å². The van der Waals surface area contributed by atoms with E-state index in [2.05, 4.69) is 51.4 Å². The van der Waals surface area contributed by atoms with Gasteiger partial charge in [0.05, 0.1) is 25.6 Å². The van der Waals surface area contributed by atoms with Crippen molar-refractivity contribution >= 4 is 13.7 Å². The lowest BCUT2D eigenvalue weighted by molar-refractivity contribution is -0.255. The molecule has 0 bridgehead atoms. The number of hydrogen-bond donors (Lipinski definition) is 1. The highest BCUT2D eigenvalue weighted by molar-refractivity contribution is 7.48. The maximum Gasteiger partial charge on any atom is 0.475 e. The van der Waals surface area contributed by atoms with Gasteiger partial charge in [-0.25, -0.2) is 4.57 Å². The molecule has 2 unspecified atom stereocenters. The lowest BCUT2D eigenvalue weighted by Gasteiger charge is -2.46. The average Bonchev–Trinajstić information content (AvgIpc) is 3.18. The number of allylic oxidation sites excluding steroid dienone is 3. The molecule has 55 heavy (non-hydrogen) atoms. The SMILES string of the molecule is C=CCOP(=O)(OCC=C)O[C@H]1C(OCC[C@H](C)CCCCCCC)[C@@H](NC(=O)CCCCCCCCC/C=C\CCCCCC)C(O/C=C\C)O[C@@H]1CC. The van der Waals surface area contributed by atoms with Crippen molar-refractivity contribution in [3.8, 4) is 0 Å². The predicted molar refractivity (Wildman–Crippen MR) is 228 cm³/mol. The van der Waals surface area contributed by atoms with Crippen LogP contribution in [0.5, 0.6) is 0 Å². The van der Waals surface area contributed by atoms with Crippen molar-refractivity contribution in [2.75, 3.05) is 19.8 Å². The zero-order chi connectivity index (χ0) is 40.4. The van der Waals surface area contributed by atoms with E-state index in [4.69, 9.17) is 27.8 Å². The van der Waals surface area contributed by atoms with Crippen LogP contribution in [0.2, 0.25) is 0 Å². The van der Waals surface area contributed by atoms with Gasteiger partial charge in [0, 0.05) is 13.0 Å². The number of phosphoric ester groups is 1. The summed E-state index contributed by atoms with van der Waals surface area (Å²) in [6, 6.07) is -0.738. The second-order valence-electron chi connectivity index (χ2n) is 15.1. The fourth-order valence-electron chi connectivity index (χ4n) is 6.78. The molecule has 0 aromatic heterocycles. The molecule has 1 saturated heterocycles. The van der Waals surface area contributed by atoms with Crippen molar-refractivity contribution in [2.45, 2.75) is 207 Å². The molecule has 1 aliphatic heterocycles. The van der Waals surface area contributed by atoms with Gasteiger partial charge in [-0.15, -0.1) is 13.2 Å². The summed E-state index contributed by atoms with van der Waals surface area (Å²) >= 11 is 0. The van der Waals surface area contributed by atoms with Crippen LogP contribution in [0.25, 0.3) is 0 Å². The minimum absolute atomic E-state index is 0.0378. The molecule has 0 spiro atoms. The van der Waals surface area contributed by atoms with Crippen LogP contribution in [0.4, 0.5) is 0 Å². The third kappa shape index (κ3) is 24.6. The average molecular weight is 796 g/mol. The molecule has 1 fully saturated rings. The van der Waals surface area contributed by atoms with Gasteiger partial charge >= 0.3 is 7.82 Å². The molecule has 6 atom stereocenters. The standard InChI is InChI=1S/C45H82NO8P/c1-8-14-16-18-19-20-21-22-23-24-25-26-27-29-31-33-41(47)46-42-44(49-38-34-39(7)32-30-28-17-15-9-2)43(40(13-6)53-45(42)50-35-10-3)54-55(48,51-36-11-4)52-37-12-5/h10-12,20-21,35,39-40,42-45H,4-5,8-9,13-19,22-34,36-38H2,1-3,6-7H3,(H,46,47)/b21-20-,35-10-/t39-,40-,42-,43-,44?,45?/m1/s1. The van der Waals surface area contributed by atoms with Crippen molar-refractivity contribution < 1.29 is 37.1 Å². The second kappa shape index (κ2) is 34.3. The van der Waals surface area contributed by atoms with Gasteiger partial charge in [-0.3, -0.25) is 18.4 Å². The first-order chi connectivity index (χ1) is 26.8. The molecule has 1 amide bonds. The highest BCUT2D eigenvalue weighted by Crippen LogP contribution is 2.52. The Balaban J connectivity index is 2.94. The Morgan fingerprint density at radius 2 is 1.35 bits per heavy atom. The Morgan fingerprint density at radius 1 is 0.782 bits per heavy atom. The molecular formula is C45H82NO8P. The quantitative estimate of drug-likeness (QED) is 0.0287. The summed E-state index contributed by atoms with van der Waals surface area (Å²) in [7, 11) is -4.11. The molecular weight excluding hydrogens is 713 g/mol. The second-order valence-corrected chi connectivity index (χ2v) is 16.7. The lowest BCUT2D eigenvalue weighted by Crippen LogP contribution is -2.65. The summed E-state index contributed by atoms with van der Waals surface area (Å²) in [5, 5.41) is 3.18. The predicted octanol–water partition coefficient (Wildman–Crippen LogP) is 12.9. The topological polar surface area (TPSA) is 102 Å². The van der Waals surface area contributed by atoms with Crippen molar-refractivity contribution in [3.05, 3.63) is 49.8 Å². The smallest absolute Gasteiger partial charge is 0.471 e. The maximum atomic E-state index is 13.9. The van der Waals surface area contributed by atoms with E-state index in [0.29, 0.717) is 25.4 Å². The van der Waals surface area contributed by atoms with E-state index in [1.54, 1.807) is 12.3 Å². The largest absolute Gasteiger partial charge is 0.475 e. The highest BCUT2D eigenvalue weighted by atomic mass is 31.2. The molecule has 1 heterocycles. The molecule has 0 aliphatic carbocycles. The normalized spacial score (nSPS) is 20.9. The Kier molecular flexibility index (Phi) is 32.0. The van der Waals surface area contributed by atoms with Crippen LogP contribution in [0, 0.1) is 5.92 Å². The Morgan fingerprint density at radius 3 is 1.93 bits per heavy atom. The minimum Gasteiger partial charge on any atom is -0.471 e. The van der Waals surface area contributed by atoms with Crippen LogP contribution in [0.3, 0.4) is 0 Å². The molecule has 1 rings (SSSR count). The van der Waals surface area contributed by atoms with Crippen molar-refractivity contribution in [1.82, 2.24) is 5.32 Å². The van der Waals surface area contributed by atoms with Gasteiger partial charge in [0.25, 0.3) is 0 Å². The minimum atomic E-state index is -4.11. The number of carbonyl (C=O) groups is 1.